The summed E-state index contributed by atoms with van der Waals surface area (Å²) in [6.45, 7) is 2.88. The lowest BCUT2D eigenvalue weighted by atomic mass is 10.0. The number of hydrogen-bond donors (Lipinski definition) is 0. The van der Waals surface area contributed by atoms with E-state index >= 15 is 0 Å². The molecule has 124 valence electrons. The van der Waals surface area contributed by atoms with Crippen molar-refractivity contribution in [3.05, 3.63) is 29.3 Å². The van der Waals surface area contributed by atoms with Gasteiger partial charge in [0.05, 0.1) is 13.0 Å². The number of carbonyl (C=O) groups excluding carboxylic acids is 1. The van der Waals surface area contributed by atoms with Gasteiger partial charge in [0, 0.05) is 25.0 Å². The van der Waals surface area contributed by atoms with Crippen LogP contribution in [0.4, 0.5) is 0 Å². The number of amides is 1. The van der Waals surface area contributed by atoms with Crippen molar-refractivity contribution >= 4 is 5.91 Å². The van der Waals surface area contributed by atoms with Crippen molar-refractivity contribution in [2.24, 2.45) is 0 Å². The SMILES string of the molecule is CN1CCCC1C1CCCN1C(=O)Cc1ccc2c(c1)CCO2. The van der Waals surface area contributed by atoms with Crippen molar-refractivity contribution < 1.29 is 9.53 Å². The minimum Gasteiger partial charge on any atom is -0.493 e. The second-order valence-electron chi connectivity index (χ2n) is 7.20. The molecule has 0 bridgehead atoms. The molecular formula is C19H26N2O2. The van der Waals surface area contributed by atoms with E-state index in [1.54, 1.807) is 0 Å². The van der Waals surface area contributed by atoms with Gasteiger partial charge in [-0.15, -0.1) is 0 Å². The van der Waals surface area contributed by atoms with Crippen LogP contribution in [0.1, 0.15) is 36.8 Å². The summed E-state index contributed by atoms with van der Waals surface area (Å²) in [6, 6.07) is 7.22. The normalized spacial score (nSPS) is 27.3. The van der Waals surface area contributed by atoms with Crippen LogP contribution in [0.2, 0.25) is 0 Å². The molecule has 1 aromatic rings. The van der Waals surface area contributed by atoms with E-state index in [-0.39, 0.29) is 0 Å². The largest absolute Gasteiger partial charge is 0.493 e. The minimum atomic E-state index is 0.298. The maximum Gasteiger partial charge on any atom is 0.227 e. The summed E-state index contributed by atoms with van der Waals surface area (Å²) < 4.78 is 5.55. The van der Waals surface area contributed by atoms with Gasteiger partial charge in [-0.25, -0.2) is 0 Å². The monoisotopic (exact) mass is 314 g/mol. The third-order valence-corrected chi connectivity index (χ3v) is 5.75. The fourth-order valence-corrected chi connectivity index (χ4v) is 4.55. The zero-order valence-corrected chi connectivity index (χ0v) is 14.0. The molecule has 0 radical (unpaired) electrons. The predicted molar refractivity (Wildman–Crippen MR) is 89.7 cm³/mol. The molecule has 2 atom stereocenters. The van der Waals surface area contributed by atoms with E-state index in [2.05, 4.69) is 29.0 Å². The molecule has 0 saturated carbocycles. The van der Waals surface area contributed by atoms with Crippen molar-refractivity contribution in [1.82, 2.24) is 9.80 Å². The van der Waals surface area contributed by atoms with E-state index in [1.807, 2.05) is 6.07 Å². The second kappa shape index (κ2) is 6.16. The Labute approximate surface area is 138 Å². The number of rotatable bonds is 3. The summed E-state index contributed by atoms with van der Waals surface area (Å²) in [6.07, 6.45) is 6.32. The number of carbonyl (C=O) groups is 1. The van der Waals surface area contributed by atoms with Crippen LogP contribution >= 0.6 is 0 Å². The first-order chi connectivity index (χ1) is 11.2. The first-order valence-corrected chi connectivity index (χ1v) is 8.97. The maximum absolute atomic E-state index is 12.9. The van der Waals surface area contributed by atoms with Crippen LogP contribution in [0.3, 0.4) is 0 Å². The molecule has 2 fully saturated rings. The van der Waals surface area contributed by atoms with Crippen molar-refractivity contribution in [2.75, 3.05) is 26.7 Å². The molecular weight excluding hydrogens is 288 g/mol. The summed E-state index contributed by atoms with van der Waals surface area (Å²) >= 11 is 0. The molecule has 4 heteroatoms. The van der Waals surface area contributed by atoms with Gasteiger partial charge in [0.2, 0.25) is 5.91 Å². The van der Waals surface area contributed by atoms with Gasteiger partial charge in [-0.3, -0.25) is 4.79 Å². The Balaban J connectivity index is 1.45. The molecule has 0 spiro atoms. The number of hydrogen-bond acceptors (Lipinski definition) is 3. The molecule has 3 heterocycles. The van der Waals surface area contributed by atoms with Gasteiger partial charge in [0.25, 0.3) is 0 Å². The Morgan fingerprint density at radius 3 is 2.87 bits per heavy atom. The molecule has 2 unspecified atom stereocenters. The van der Waals surface area contributed by atoms with Crippen LogP contribution in [0, 0.1) is 0 Å². The van der Waals surface area contributed by atoms with E-state index in [0.717, 1.165) is 37.3 Å². The van der Waals surface area contributed by atoms with Crippen molar-refractivity contribution in [3.63, 3.8) is 0 Å². The van der Waals surface area contributed by atoms with Gasteiger partial charge in [-0.2, -0.15) is 0 Å². The highest BCUT2D eigenvalue weighted by molar-refractivity contribution is 5.79. The van der Waals surface area contributed by atoms with E-state index < -0.39 is 0 Å². The number of likely N-dealkylation sites (tertiary alicyclic amines) is 2. The van der Waals surface area contributed by atoms with Gasteiger partial charge in [-0.1, -0.05) is 12.1 Å². The Morgan fingerprint density at radius 1 is 1.22 bits per heavy atom. The van der Waals surface area contributed by atoms with Crippen LogP contribution in [0.5, 0.6) is 5.75 Å². The van der Waals surface area contributed by atoms with Crippen molar-refractivity contribution in [1.29, 1.82) is 0 Å². The number of likely N-dealkylation sites (N-methyl/N-ethyl adjacent to an activating group) is 1. The van der Waals surface area contributed by atoms with Crippen LogP contribution in [0.15, 0.2) is 18.2 Å². The third kappa shape index (κ3) is 2.85. The number of fused-ring (bicyclic) bond motifs is 1. The summed E-state index contributed by atoms with van der Waals surface area (Å²) in [5.41, 5.74) is 2.38. The smallest absolute Gasteiger partial charge is 0.227 e. The van der Waals surface area contributed by atoms with Gasteiger partial charge in [0.1, 0.15) is 5.75 Å². The topological polar surface area (TPSA) is 32.8 Å². The summed E-state index contributed by atoms with van der Waals surface area (Å²) in [5, 5.41) is 0. The highest BCUT2D eigenvalue weighted by atomic mass is 16.5. The van der Waals surface area contributed by atoms with Crippen LogP contribution in [-0.4, -0.2) is 54.5 Å². The average molecular weight is 314 g/mol. The summed E-state index contributed by atoms with van der Waals surface area (Å²) in [7, 11) is 2.21. The van der Waals surface area contributed by atoms with Gasteiger partial charge < -0.3 is 14.5 Å². The summed E-state index contributed by atoms with van der Waals surface area (Å²) in [5.74, 6) is 1.29. The van der Waals surface area contributed by atoms with Gasteiger partial charge in [-0.05, 0) is 56.5 Å². The molecule has 1 aromatic carbocycles. The number of benzene rings is 1. The molecule has 0 N–H and O–H groups in total. The van der Waals surface area contributed by atoms with E-state index in [0.29, 0.717) is 24.4 Å². The predicted octanol–water partition coefficient (Wildman–Crippen LogP) is 2.25. The molecule has 2 saturated heterocycles. The van der Waals surface area contributed by atoms with Crippen LogP contribution in [-0.2, 0) is 17.6 Å². The lowest BCUT2D eigenvalue weighted by molar-refractivity contribution is -0.132. The highest BCUT2D eigenvalue weighted by Crippen LogP contribution is 2.30. The van der Waals surface area contributed by atoms with E-state index in [4.69, 9.17) is 4.74 Å². The molecule has 23 heavy (non-hydrogen) atoms. The van der Waals surface area contributed by atoms with Gasteiger partial charge >= 0.3 is 0 Å². The Morgan fingerprint density at radius 2 is 2.04 bits per heavy atom. The Hall–Kier alpha value is -1.55. The van der Waals surface area contributed by atoms with E-state index in [1.165, 1.54) is 31.4 Å². The molecule has 1 amide bonds. The number of ether oxygens (including phenoxy) is 1. The van der Waals surface area contributed by atoms with Crippen molar-refractivity contribution in [2.45, 2.75) is 50.6 Å². The minimum absolute atomic E-state index is 0.298. The molecule has 3 aliphatic heterocycles. The van der Waals surface area contributed by atoms with Crippen LogP contribution in [0.25, 0.3) is 0 Å². The Kier molecular flexibility index (Phi) is 4.02. The maximum atomic E-state index is 12.9. The fraction of sp³-hybridized carbons (Fsp3) is 0.632. The lowest BCUT2D eigenvalue weighted by Crippen LogP contribution is -2.47. The molecule has 4 rings (SSSR count). The Bertz CT molecular complexity index is 601. The average Bonchev–Trinajstić information content (AvgIpc) is 3.25. The summed E-state index contributed by atoms with van der Waals surface area (Å²) in [4.78, 5) is 17.5. The molecule has 0 aromatic heterocycles. The van der Waals surface area contributed by atoms with E-state index in [9.17, 15) is 4.79 Å². The first-order valence-electron chi connectivity index (χ1n) is 8.97. The van der Waals surface area contributed by atoms with Gasteiger partial charge in [0.15, 0.2) is 0 Å². The lowest BCUT2D eigenvalue weighted by Gasteiger charge is -2.33. The van der Waals surface area contributed by atoms with Crippen molar-refractivity contribution in [3.8, 4) is 5.75 Å². The zero-order valence-electron chi connectivity index (χ0n) is 14.0. The van der Waals surface area contributed by atoms with Crippen LogP contribution < -0.4 is 4.74 Å². The molecule has 0 aliphatic carbocycles. The highest BCUT2D eigenvalue weighted by Gasteiger charge is 2.38. The molecule has 4 nitrogen and oxygen atoms in total. The fourth-order valence-electron chi connectivity index (χ4n) is 4.55. The number of nitrogens with zero attached hydrogens (tertiary/aromatic N) is 2. The standard InChI is InChI=1S/C19H26N2O2/c1-20-9-2-4-16(20)17-5-3-10-21(17)19(22)13-14-6-7-18-15(12-14)8-11-23-18/h6-7,12,16-17H,2-5,8-11,13H2,1H3. The second-order valence-corrected chi connectivity index (χ2v) is 7.20. The first kappa shape index (κ1) is 15.0. The third-order valence-electron chi connectivity index (χ3n) is 5.75. The molecule has 3 aliphatic rings. The zero-order chi connectivity index (χ0) is 15.8. The quantitative estimate of drug-likeness (QED) is 0.858.